The fourth-order valence-electron chi connectivity index (χ4n) is 4.96. The first-order valence-electron chi connectivity index (χ1n) is 11.1. The van der Waals surface area contributed by atoms with Crippen LogP contribution in [0.25, 0.3) is 21.8 Å². The quantitative estimate of drug-likeness (QED) is 0.380. The van der Waals surface area contributed by atoms with Crippen molar-refractivity contribution in [1.82, 2.24) is 9.55 Å². The zero-order valence-electron chi connectivity index (χ0n) is 17.7. The van der Waals surface area contributed by atoms with Gasteiger partial charge in [-0.1, -0.05) is 66.7 Å². The van der Waals surface area contributed by atoms with Crippen LogP contribution in [0.15, 0.2) is 91.1 Å². The van der Waals surface area contributed by atoms with Crippen molar-refractivity contribution in [1.29, 1.82) is 0 Å². The summed E-state index contributed by atoms with van der Waals surface area (Å²) in [6.07, 6.45) is 3.54. The maximum absolute atomic E-state index is 13.8. The third-order valence-electron chi connectivity index (χ3n) is 6.47. The lowest BCUT2D eigenvalue weighted by atomic mass is 10.0. The number of benzene rings is 3. The van der Waals surface area contributed by atoms with Crippen LogP contribution in [0.2, 0.25) is 0 Å². The number of hydrogen-bond donors (Lipinski definition) is 0. The first-order chi connectivity index (χ1) is 15.8. The van der Waals surface area contributed by atoms with Crippen LogP contribution in [0.3, 0.4) is 0 Å². The molecule has 3 heterocycles. The molecule has 0 fully saturated rings. The number of pyridine rings is 1. The van der Waals surface area contributed by atoms with E-state index in [1.165, 1.54) is 5.56 Å². The molecule has 0 radical (unpaired) electrons. The van der Waals surface area contributed by atoms with Gasteiger partial charge in [0, 0.05) is 35.7 Å². The Hall–Kier alpha value is -3.92. The van der Waals surface area contributed by atoms with Gasteiger partial charge >= 0.3 is 0 Å². The second kappa shape index (κ2) is 7.65. The number of para-hydroxylation sites is 1. The highest BCUT2D eigenvalue weighted by Crippen LogP contribution is 2.36. The minimum Gasteiger partial charge on any atom is -0.334 e. The van der Waals surface area contributed by atoms with Crippen LogP contribution in [-0.4, -0.2) is 22.0 Å². The molecule has 3 aromatic carbocycles. The molecule has 0 unspecified atom stereocenters. The first-order valence-corrected chi connectivity index (χ1v) is 11.1. The van der Waals surface area contributed by atoms with E-state index in [4.69, 9.17) is 4.98 Å². The molecule has 0 spiro atoms. The van der Waals surface area contributed by atoms with Crippen molar-refractivity contribution >= 4 is 33.4 Å². The Morgan fingerprint density at radius 1 is 0.844 bits per heavy atom. The SMILES string of the molecule is O=C1c2c(c3ccc4cccnc4c3n2CCc2ccccc2)CCN1c1ccccc1. The largest absolute Gasteiger partial charge is 0.334 e. The lowest BCUT2D eigenvalue weighted by molar-refractivity contribution is 0.0972. The van der Waals surface area contributed by atoms with E-state index in [0.29, 0.717) is 6.54 Å². The van der Waals surface area contributed by atoms with Gasteiger partial charge in [-0.25, -0.2) is 0 Å². The van der Waals surface area contributed by atoms with Crippen LogP contribution in [0, 0.1) is 0 Å². The average Bonchev–Trinajstić information content (AvgIpc) is 3.19. The molecule has 0 saturated carbocycles. The van der Waals surface area contributed by atoms with Crippen LogP contribution < -0.4 is 4.90 Å². The predicted octanol–water partition coefficient (Wildman–Crippen LogP) is 5.64. The number of hydrogen-bond acceptors (Lipinski definition) is 2. The molecule has 2 aromatic heterocycles. The predicted molar refractivity (Wildman–Crippen MR) is 129 cm³/mol. The maximum atomic E-state index is 13.8. The molecular formula is C28H23N3O. The number of aromatic nitrogens is 2. The molecular weight excluding hydrogens is 394 g/mol. The fourth-order valence-corrected chi connectivity index (χ4v) is 4.96. The van der Waals surface area contributed by atoms with Crippen molar-refractivity contribution in [3.63, 3.8) is 0 Å². The Bertz CT molecular complexity index is 1440. The number of carbonyl (C=O) groups is 1. The van der Waals surface area contributed by atoms with Gasteiger partial charge in [-0.2, -0.15) is 0 Å². The number of anilines is 1. The van der Waals surface area contributed by atoms with Crippen molar-refractivity contribution in [2.45, 2.75) is 19.4 Å². The molecule has 0 aliphatic carbocycles. The van der Waals surface area contributed by atoms with Gasteiger partial charge < -0.3 is 9.47 Å². The van der Waals surface area contributed by atoms with Crippen molar-refractivity contribution in [3.05, 3.63) is 108 Å². The van der Waals surface area contributed by atoms with Gasteiger partial charge in [0.25, 0.3) is 5.91 Å². The van der Waals surface area contributed by atoms with E-state index >= 15 is 0 Å². The molecule has 4 heteroatoms. The molecule has 0 N–H and O–H groups in total. The second-order valence-electron chi connectivity index (χ2n) is 8.29. The van der Waals surface area contributed by atoms with E-state index in [0.717, 1.165) is 58.1 Å². The van der Waals surface area contributed by atoms with Crippen LogP contribution in [0.5, 0.6) is 0 Å². The number of carbonyl (C=O) groups excluding carboxylic acids is 1. The molecule has 0 atom stereocenters. The van der Waals surface area contributed by atoms with E-state index in [1.807, 2.05) is 53.6 Å². The highest BCUT2D eigenvalue weighted by Gasteiger charge is 2.32. The Labute approximate surface area is 186 Å². The summed E-state index contributed by atoms with van der Waals surface area (Å²) in [7, 11) is 0. The summed E-state index contributed by atoms with van der Waals surface area (Å²) in [6.45, 7) is 1.42. The molecule has 1 aliphatic heterocycles. The van der Waals surface area contributed by atoms with Crippen molar-refractivity contribution in [3.8, 4) is 0 Å². The van der Waals surface area contributed by atoms with E-state index in [2.05, 4.69) is 47.0 Å². The Balaban J connectivity index is 1.55. The third-order valence-corrected chi connectivity index (χ3v) is 6.47. The van der Waals surface area contributed by atoms with Gasteiger partial charge in [0.15, 0.2) is 0 Å². The zero-order valence-corrected chi connectivity index (χ0v) is 17.7. The Kier molecular flexibility index (Phi) is 4.50. The van der Waals surface area contributed by atoms with Gasteiger partial charge in [0.2, 0.25) is 0 Å². The van der Waals surface area contributed by atoms with Crippen LogP contribution in [0.4, 0.5) is 5.69 Å². The molecule has 0 saturated heterocycles. The zero-order chi connectivity index (χ0) is 21.5. The monoisotopic (exact) mass is 417 g/mol. The average molecular weight is 418 g/mol. The van der Waals surface area contributed by atoms with Gasteiger partial charge in [-0.05, 0) is 42.2 Å². The summed E-state index contributed by atoms with van der Waals surface area (Å²) < 4.78 is 2.23. The minimum absolute atomic E-state index is 0.0748. The molecule has 0 bridgehead atoms. The van der Waals surface area contributed by atoms with Gasteiger partial charge in [-0.3, -0.25) is 9.78 Å². The number of rotatable bonds is 4. The standard InChI is InChI=1S/C28H23N3O/c32-28-27-24(16-19-30(28)22-11-5-2-6-12-22)23-14-13-21-10-7-17-29-25(21)26(23)31(27)18-15-20-8-3-1-4-9-20/h1-14,17H,15-16,18-19H2. The molecule has 4 nitrogen and oxygen atoms in total. The second-order valence-corrected chi connectivity index (χ2v) is 8.29. The number of fused-ring (bicyclic) bond motifs is 5. The Morgan fingerprint density at radius 3 is 2.44 bits per heavy atom. The minimum atomic E-state index is 0.0748. The summed E-state index contributed by atoms with van der Waals surface area (Å²) in [4.78, 5) is 20.5. The molecule has 1 amide bonds. The topological polar surface area (TPSA) is 38.1 Å². The fraction of sp³-hybridized carbons (Fsp3) is 0.143. The lowest BCUT2D eigenvalue weighted by Gasteiger charge is -2.28. The third kappa shape index (κ3) is 2.99. The van der Waals surface area contributed by atoms with Crippen LogP contribution >= 0.6 is 0 Å². The van der Waals surface area contributed by atoms with E-state index in [9.17, 15) is 4.79 Å². The van der Waals surface area contributed by atoms with Gasteiger partial charge in [-0.15, -0.1) is 0 Å². The number of nitrogens with zero attached hydrogens (tertiary/aromatic N) is 3. The maximum Gasteiger partial charge on any atom is 0.275 e. The number of amides is 1. The summed E-state index contributed by atoms with van der Waals surface area (Å²) in [5.74, 6) is 0.0748. The van der Waals surface area contributed by atoms with Crippen molar-refractivity contribution in [2.75, 3.05) is 11.4 Å². The smallest absolute Gasteiger partial charge is 0.275 e. The van der Waals surface area contributed by atoms with E-state index < -0.39 is 0 Å². The summed E-state index contributed by atoms with van der Waals surface area (Å²) in [5.41, 5.74) is 6.21. The van der Waals surface area contributed by atoms with E-state index in [1.54, 1.807) is 0 Å². The van der Waals surface area contributed by atoms with Crippen LogP contribution in [-0.2, 0) is 19.4 Å². The summed E-state index contributed by atoms with van der Waals surface area (Å²) in [5, 5.41) is 2.25. The van der Waals surface area contributed by atoms with Crippen LogP contribution in [0.1, 0.15) is 21.6 Å². The first kappa shape index (κ1) is 18.8. The highest BCUT2D eigenvalue weighted by atomic mass is 16.2. The summed E-state index contributed by atoms with van der Waals surface area (Å²) in [6, 6.07) is 28.8. The highest BCUT2D eigenvalue weighted by molar-refractivity contribution is 6.15. The van der Waals surface area contributed by atoms with Gasteiger partial charge in [0.1, 0.15) is 5.69 Å². The summed E-state index contributed by atoms with van der Waals surface area (Å²) >= 11 is 0. The number of aryl methyl sites for hydroxylation is 2. The van der Waals surface area contributed by atoms with Gasteiger partial charge in [0.05, 0.1) is 11.0 Å². The Morgan fingerprint density at radius 2 is 1.62 bits per heavy atom. The normalized spacial score (nSPS) is 13.6. The lowest BCUT2D eigenvalue weighted by Crippen LogP contribution is -2.38. The molecule has 156 valence electrons. The molecule has 5 aromatic rings. The molecule has 6 rings (SSSR count). The van der Waals surface area contributed by atoms with Crippen molar-refractivity contribution in [2.24, 2.45) is 0 Å². The van der Waals surface area contributed by atoms with E-state index in [-0.39, 0.29) is 5.91 Å². The molecule has 32 heavy (non-hydrogen) atoms. The van der Waals surface area contributed by atoms with Crippen molar-refractivity contribution < 1.29 is 4.79 Å². The molecule has 1 aliphatic rings.